The number of nitrogens with zero attached hydrogens (tertiary/aromatic N) is 2. The highest BCUT2D eigenvalue weighted by molar-refractivity contribution is 5.16. The molecule has 0 saturated carbocycles. The molecule has 19 heavy (non-hydrogen) atoms. The van der Waals surface area contributed by atoms with Crippen molar-refractivity contribution in [1.29, 1.82) is 0 Å². The number of rotatable bonds is 6. The second-order valence-electron chi connectivity index (χ2n) is 4.64. The van der Waals surface area contributed by atoms with Gasteiger partial charge in [-0.25, -0.2) is 0 Å². The molecular weight excluding hydrogens is 236 g/mol. The smallest absolute Gasteiger partial charge is 0.0419 e. The van der Waals surface area contributed by atoms with Gasteiger partial charge in [0, 0.05) is 36.7 Å². The maximum Gasteiger partial charge on any atom is 0.0419 e. The molecular formula is C15H20N4. The van der Waals surface area contributed by atoms with Gasteiger partial charge in [0.25, 0.3) is 0 Å². The molecule has 0 fully saturated rings. The minimum absolute atomic E-state index is 0.183. The molecule has 1 unspecified atom stereocenters. The van der Waals surface area contributed by atoms with Gasteiger partial charge in [-0.1, -0.05) is 13.0 Å². The summed E-state index contributed by atoms with van der Waals surface area (Å²) >= 11 is 0. The number of hydrazine groups is 1. The van der Waals surface area contributed by atoms with Gasteiger partial charge in [-0.05, 0) is 42.2 Å². The van der Waals surface area contributed by atoms with Crippen LogP contribution >= 0.6 is 0 Å². The Morgan fingerprint density at radius 3 is 2.47 bits per heavy atom. The largest absolute Gasteiger partial charge is 0.271 e. The van der Waals surface area contributed by atoms with Crippen molar-refractivity contribution in [3.8, 4) is 0 Å². The molecule has 4 heteroatoms. The minimum atomic E-state index is 0.183. The Morgan fingerprint density at radius 2 is 1.89 bits per heavy atom. The quantitative estimate of drug-likeness (QED) is 0.609. The molecule has 0 saturated heterocycles. The minimum Gasteiger partial charge on any atom is -0.271 e. The topological polar surface area (TPSA) is 63.8 Å². The Bertz CT molecular complexity index is 481. The molecule has 0 aliphatic carbocycles. The lowest BCUT2D eigenvalue weighted by Gasteiger charge is -2.15. The van der Waals surface area contributed by atoms with E-state index in [9.17, 15) is 0 Å². The lowest BCUT2D eigenvalue weighted by Crippen LogP contribution is -2.38. The van der Waals surface area contributed by atoms with E-state index in [-0.39, 0.29) is 6.04 Å². The lowest BCUT2D eigenvalue weighted by atomic mass is 10.0. The predicted molar refractivity (Wildman–Crippen MR) is 76.4 cm³/mol. The van der Waals surface area contributed by atoms with Crippen molar-refractivity contribution in [2.24, 2.45) is 5.84 Å². The van der Waals surface area contributed by atoms with E-state index in [1.807, 2.05) is 18.3 Å². The third-order valence-electron chi connectivity index (χ3n) is 3.22. The Morgan fingerprint density at radius 1 is 1.11 bits per heavy atom. The maximum atomic E-state index is 5.63. The van der Waals surface area contributed by atoms with Crippen molar-refractivity contribution in [3.63, 3.8) is 0 Å². The van der Waals surface area contributed by atoms with E-state index in [1.165, 1.54) is 11.1 Å². The van der Waals surface area contributed by atoms with Gasteiger partial charge in [0.2, 0.25) is 0 Å². The highest BCUT2D eigenvalue weighted by Crippen LogP contribution is 2.08. The standard InChI is InChI=1S/C15H20N4/c1-2-12-3-4-14(18-11-12)10-15(19-16)9-13-5-7-17-8-6-13/h3-8,11,15,19H,2,9-10,16H2,1H3. The highest BCUT2D eigenvalue weighted by Gasteiger charge is 2.09. The summed E-state index contributed by atoms with van der Waals surface area (Å²) in [7, 11) is 0. The van der Waals surface area contributed by atoms with Gasteiger partial charge >= 0.3 is 0 Å². The van der Waals surface area contributed by atoms with Crippen LogP contribution in [-0.2, 0) is 19.3 Å². The fourth-order valence-electron chi connectivity index (χ4n) is 2.03. The van der Waals surface area contributed by atoms with E-state index >= 15 is 0 Å². The Balaban J connectivity index is 1.98. The van der Waals surface area contributed by atoms with Gasteiger partial charge in [-0.3, -0.25) is 21.2 Å². The van der Waals surface area contributed by atoms with Crippen LogP contribution in [0.15, 0.2) is 42.9 Å². The van der Waals surface area contributed by atoms with E-state index in [2.05, 4.69) is 34.5 Å². The molecule has 0 aliphatic rings. The summed E-state index contributed by atoms with van der Waals surface area (Å²) in [6.45, 7) is 2.13. The Labute approximate surface area is 114 Å². The van der Waals surface area contributed by atoms with Crippen LogP contribution in [0.25, 0.3) is 0 Å². The average Bonchev–Trinajstić information content (AvgIpc) is 2.48. The summed E-state index contributed by atoms with van der Waals surface area (Å²) in [4.78, 5) is 8.49. The zero-order valence-electron chi connectivity index (χ0n) is 11.2. The summed E-state index contributed by atoms with van der Waals surface area (Å²) in [6, 6.07) is 8.41. The molecule has 0 aromatic carbocycles. The third-order valence-corrected chi connectivity index (χ3v) is 3.22. The molecule has 4 nitrogen and oxygen atoms in total. The van der Waals surface area contributed by atoms with Crippen molar-refractivity contribution < 1.29 is 0 Å². The molecule has 2 heterocycles. The van der Waals surface area contributed by atoms with Gasteiger partial charge in [-0.15, -0.1) is 0 Å². The molecule has 0 bridgehead atoms. The molecule has 0 aliphatic heterocycles. The number of aromatic nitrogens is 2. The van der Waals surface area contributed by atoms with E-state index in [4.69, 9.17) is 5.84 Å². The predicted octanol–water partition coefficient (Wildman–Crippen LogP) is 1.66. The summed E-state index contributed by atoms with van der Waals surface area (Å²) in [6.07, 6.45) is 8.26. The van der Waals surface area contributed by atoms with E-state index < -0.39 is 0 Å². The van der Waals surface area contributed by atoms with Crippen LogP contribution < -0.4 is 11.3 Å². The first-order valence-corrected chi connectivity index (χ1v) is 6.60. The number of hydrogen-bond donors (Lipinski definition) is 2. The van der Waals surface area contributed by atoms with Crippen molar-refractivity contribution in [1.82, 2.24) is 15.4 Å². The number of nitrogens with one attached hydrogen (secondary N) is 1. The van der Waals surface area contributed by atoms with Crippen LogP contribution in [0.2, 0.25) is 0 Å². The van der Waals surface area contributed by atoms with Gasteiger partial charge in [0.15, 0.2) is 0 Å². The van der Waals surface area contributed by atoms with E-state index in [0.717, 1.165) is 25.0 Å². The number of nitrogens with two attached hydrogens (primary N) is 1. The van der Waals surface area contributed by atoms with Gasteiger partial charge in [0.1, 0.15) is 0 Å². The van der Waals surface area contributed by atoms with Crippen molar-refractivity contribution >= 4 is 0 Å². The zero-order chi connectivity index (χ0) is 13.5. The normalized spacial score (nSPS) is 12.3. The van der Waals surface area contributed by atoms with Crippen molar-refractivity contribution in [3.05, 3.63) is 59.7 Å². The van der Waals surface area contributed by atoms with Gasteiger partial charge in [-0.2, -0.15) is 0 Å². The van der Waals surface area contributed by atoms with Crippen molar-refractivity contribution in [2.45, 2.75) is 32.2 Å². The zero-order valence-corrected chi connectivity index (χ0v) is 11.2. The number of hydrogen-bond acceptors (Lipinski definition) is 4. The molecule has 0 spiro atoms. The summed E-state index contributed by atoms with van der Waals surface area (Å²) in [5, 5.41) is 0. The van der Waals surface area contributed by atoms with Crippen LogP contribution in [-0.4, -0.2) is 16.0 Å². The second-order valence-corrected chi connectivity index (χ2v) is 4.64. The molecule has 0 amide bonds. The number of aryl methyl sites for hydroxylation is 1. The molecule has 1 atom stereocenters. The van der Waals surface area contributed by atoms with Crippen LogP contribution in [0.5, 0.6) is 0 Å². The lowest BCUT2D eigenvalue weighted by molar-refractivity contribution is 0.517. The van der Waals surface area contributed by atoms with Gasteiger partial charge in [0.05, 0.1) is 0 Å². The van der Waals surface area contributed by atoms with E-state index in [0.29, 0.717) is 0 Å². The summed E-state index contributed by atoms with van der Waals surface area (Å²) in [5.74, 6) is 5.63. The number of pyridine rings is 2. The second kappa shape index (κ2) is 6.97. The Kier molecular flexibility index (Phi) is 5.01. The van der Waals surface area contributed by atoms with Gasteiger partial charge < -0.3 is 0 Å². The fourth-order valence-corrected chi connectivity index (χ4v) is 2.03. The molecule has 2 rings (SSSR count). The molecule has 0 radical (unpaired) electrons. The first kappa shape index (κ1) is 13.6. The molecule has 100 valence electrons. The maximum absolute atomic E-state index is 5.63. The summed E-state index contributed by atoms with van der Waals surface area (Å²) in [5.41, 5.74) is 6.42. The SMILES string of the molecule is CCc1ccc(CC(Cc2ccncc2)NN)nc1. The van der Waals surface area contributed by atoms with Crippen LogP contribution in [0.1, 0.15) is 23.7 Å². The highest BCUT2D eigenvalue weighted by atomic mass is 15.2. The van der Waals surface area contributed by atoms with Crippen LogP contribution in [0, 0.1) is 0 Å². The van der Waals surface area contributed by atoms with Crippen LogP contribution in [0.4, 0.5) is 0 Å². The molecule has 2 aromatic heterocycles. The third kappa shape index (κ3) is 4.12. The van der Waals surface area contributed by atoms with Crippen molar-refractivity contribution in [2.75, 3.05) is 0 Å². The van der Waals surface area contributed by atoms with E-state index in [1.54, 1.807) is 12.4 Å². The average molecular weight is 256 g/mol. The molecule has 2 aromatic rings. The first-order valence-electron chi connectivity index (χ1n) is 6.60. The first-order chi connectivity index (χ1) is 9.31. The monoisotopic (exact) mass is 256 g/mol. The molecule has 3 N–H and O–H groups in total. The summed E-state index contributed by atoms with van der Waals surface area (Å²) < 4.78 is 0. The Hall–Kier alpha value is -1.78. The van der Waals surface area contributed by atoms with Crippen LogP contribution in [0.3, 0.4) is 0 Å². The fraction of sp³-hybridized carbons (Fsp3) is 0.333.